The number of anilines is 2. The summed E-state index contributed by atoms with van der Waals surface area (Å²) in [6.07, 6.45) is 9.09. The maximum Gasteiger partial charge on any atom is 0.245 e. The number of carbonyl (C=O) groups is 1. The molecule has 7 heteroatoms. The monoisotopic (exact) mass is 486 g/mol. The Balaban J connectivity index is 1.35. The molecule has 1 amide bonds. The molecule has 0 aliphatic heterocycles. The van der Waals surface area contributed by atoms with Crippen LogP contribution in [0.4, 0.5) is 11.4 Å². The van der Waals surface area contributed by atoms with E-state index in [9.17, 15) is 13.2 Å². The molecule has 5 nitrogen and oxygen atoms in total. The lowest BCUT2D eigenvalue weighted by molar-refractivity contribution is -0.114. The minimum atomic E-state index is -3.63. The molecule has 4 bridgehead atoms. The van der Waals surface area contributed by atoms with Crippen LogP contribution in [0.2, 0.25) is 5.02 Å². The summed E-state index contributed by atoms with van der Waals surface area (Å²) in [4.78, 5) is 12.7. The molecular weight excluding hydrogens is 456 g/mol. The molecule has 0 radical (unpaired) electrons. The van der Waals surface area contributed by atoms with E-state index in [1.54, 1.807) is 18.2 Å². The van der Waals surface area contributed by atoms with Crippen molar-refractivity contribution in [3.63, 3.8) is 0 Å². The predicted molar refractivity (Wildman–Crippen MR) is 133 cm³/mol. The van der Waals surface area contributed by atoms with Crippen LogP contribution in [-0.4, -0.2) is 27.1 Å². The summed E-state index contributed by atoms with van der Waals surface area (Å²) in [7, 11) is -3.63. The molecule has 4 saturated carbocycles. The van der Waals surface area contributed by atoms with E-state index >= 15 is 0 Å². The van der Waals surface area contributed by atoms with E-state index in [1.807, 2.05) is 19.1 Å². The van der Waals surface area contributed by atoms with E-state index in [-0.39, 0.29) is 12.0 Å². The van der Waals surface area contributed by atoms with E-state index < -0.39 is 15.9 Å². The normalized spacial score (nSPS) is 28.0. The van der Waals surface area contributed by atoms with Gasteiger partial charge in [-0.15, -0.1) is 0 Å². The van der Waals surface area contributed by atoms with Crippen LogP contribution in [0, 0.1) is 24.7 Å². The Bertz CT molecular complexity index is 1140. The first-order valence-corrected chi connectivity index (χ1v) is 14.0. The molecule has 0 unspecified atom stereocenters. The number of carbonyl (C=O) groups excluding carboxylic acids is 1. The highest BCUT2D eigenvalue weighted by atomic mass is 35.5. The van der Waals surface area contributed by atoms with Gasteiger partial charge in [0.25, 0.3) is 0 Å². The quantitative estimate of drug-likeness (QED) is 0.584. The molecule has 4 aliphatic carbocycles. The second kappa shape index (κ2) is 8.31. The first-order valence-electron chi connectivity index (χ1n) is 11.8. The molecule has 0 saturated heterocycles. The largest absolute Gasteiger partial charge is 0.324 e. The van der Waals surface area contributed by atoms with E-state index in [0.717, 1.165) is 29.6 Å². The van der Waals surface area contributed by atoms with Gasteiger partial charge in [0.2, 0.25) is 15.9 Å². The van der Waals surface area contributed by atoms with Crippen LogP contribution in [0.3, 0.4) is 0 Å². The number of aryl methyl sites for hydroxylation is 1. The van der Waals surface area contributed by atoms with Crippen LogP contribution in [0.15, 0.2) is 42.5 Å². The van der Waals surface area contributed by atoms with Crippen LogP contribution in [0.1, 0.15) is 49.7 Å². The maximum absolute atomic E-state index is 12.7. The van der Waals surface area contributed by atoms with Crippen molar-refractivity contribution >= 4 is 38.9 Å². The van der Waals surface area contributed by atoms with Gasteiger partial charge in [-0.1, -0.05) is 23.7 Å². The fourth-order valence-corrected chi connectivity index (χ4v) is 8.02. The highest BCUT2D eigenvalue weighted by Crippen LogP contribution is 2.60. The van der Waals surface area contributed by atoms with Gasteiger partial charge in [-0.3, -0.25) is 9.10 Å². The summed E-state index contributed by atoms with van der Waals surface area (Å²) < 4.78 is 26.3. The summed E-state index contributed by atoms with van der Waals surface area (Å²) in [5.74, 6) is 2.16. The number of hydrogen-bond donors (Lipinski definition) is 1. The third kappa shape index (κ3) is 4.52. The minimum Gasteiger partial charge on any atom is -0.324 e. The molecule has 0 spiro atoms. The molecule has 0 heterocycles. The highest BCUT2D eigenvalue weighted by molar-refractivity contribution is 7.92. The van der Waals surface area contributed by atoms with Crippen LogP contribution in [-0.2, 0) is 20.2 Å². The van der Waals surface area contributed by atoms with Crippen LogP contribution in [0.25, 0.3) is 0 Å². The molecule has 33 heavy (non-hydrogen) atoms. The van der Waals surface area contributed by atoms with Gasteiger partial charge in [0.1, 0.15) is 6.54 Å². The smallest absolute Gasteiger partial charge is 0.245 e. The Morgan fingerprint density at radius 1 is 1.03 bits per heavy atom. The predicted octanol–water partition coefficient (Wildman–Crippen LogP) is 5.52. The molecule has 4 fully saturated rings. The summed E-state index contributed by atoms with van der Waals surface area (Å²) >= 11 is 5.99. The van der Waals surface area contributed by atoms with Crippen molar-refractivity contribution in [2.45, 2.75) is 50.9 Å². The Morgan fingerprint density at radius 2 is 1.61 bits per heavy atom. The van der Waals surface area contributed by atoms with Crippen molar-refractivity contribution in [2.75, 3.05) is 22.4 Å². The molecule has 2 aromatic rings. The van der Waals surface area contributed by atoms with Crippen LogP contribution in [0.5, 0.6) is 0 Å². The van der Waals surface area contributed by atoms with Gasteiger partial charge in [0.15, 0.2) is 0 Å². The van der Waals surface area contributed by atoms with Crippen molar-refractivity contribution in [1.29, 1.82) is 0 Å². The summed E-state index contributed by atoms with van der Waals surface area (Å²) in [6.45, 7) is 1.57. The van der Waals surface area contributed by atoms with E-state index in [4.69, 9.17) is 11.6 Å². The standard InChI is InChI=1S/C26H31ClN2O3S/c1-17-9-22(27)5-8-24(17)28-25(30)16-29(33(2,31)32)23-6-3-21(4-7-23)26-13-18-10-19(14-26)12-20(11-18)15-26/h3-9,18-20H,10-16H2,1-2H3,(H,28,30). The Hall–Kier alpha value is -2.05. The van der Waals surface area contributed by atoms with Gasteiger partial charge in [-0.2, -0.15) is 0 Å². The molecule has 6 rings (SSSR count). The Labute approximate surface area is 201 Å². The van der Waals surface area contributed by atoms with Gasteiger partial charge in [0.05, 0.1) is 11.9 Å². The van der Waals surface area contributed by atoms with E-state index in [0.29, 0.717) is 16.4 Å². The van der Waals surface area contributed by atoms with Crippen molar-refractivity contribution in [3.05, 3.63) is 58.6 Å². The zero-order valence-corrected chi connectivity index (χ0v) is 20.8. The lowest BCUT2D eigenvalue weighted by Gasteiger charge is -2.57. The average molecular weight is 487 g/mol. The lowest BCUT2D eigenvalue weighted by atomic mass is 9.48. The number of nitrogens with zero attached hydrogens (tertiary/aromatic N) is 1. The average Bonchev–Trinajstić information content (AvgIpc) is 2.72. The number of benzene rings is 2. The summed E-state index contributed by atoms with van der Waals surface area (Å²) in [5, 5.41) is 3.39. The highest BCUT2D eigenvalue weighted by Gasteiger charge is 2.51. The maximum atomic E-state index is 12.7. The van der Waals surface area contributed by atoms with Gasteiger partial charge >= 0.3 is 0 Å². The fraction of sp³-hybridized carbons (Fsp3) is 0.500. The van der Waals surface area contributed by atoms with Gasteiger partial charge in [-0.05, 0) is 110 Å². The fourth-order valence-electron chi connectivity index (χ4n) is 6.93. The first-order chi connectivity index (χ1) is 15.6. The number of amides is 1. The zero-order chi connectivity index (χ0) is 23.4. The molecule has 0 aromatic heterocycles. The van der Waals surface area contributed by atoms with Gasteiger partial charge < -0.3 is 5.32 Å². The first kappa shape index (κ1) is 22.7. The van der Waals surface area contributed by atoms with Crippen molar-refractivity contribution in [2.24, 2.45) is 17.8 Å². The van der Waals surface area contributed by atoms with Crippen molar-refractivity contribution in [1.82, 2.24) is 0 Å². The topological polar surface area (TPSA) is 66.5 Å². The molecule has 0 atom stereocenters. The lowest BCUT2D eigenvalue weighted by Crippen LogP contribution is -2.48. The number of hydrogen-bond acceptors (Lipinski definition) is 3. The summed E-state index contributed by atoms with van der Waals surface area (Å²) in [6, 6.07) is 13.1. The Kier molecular flexibility index (Phi) is 5.73. The van der Waals surface area contributed by atoms with E-state index in [1.165, 1.54) is 48.4 Å². The van der Waals surface area contributed by atoms with Gasteiger partial charge in [-0.25, -0.2) is 8.42 Å². The second-order valence-corrected chi connectivity index (χ2v) is 12.9. The van der Waals surface area contributed by atoms with Crippen LogP contribution >= 0.6 is 11.6 Å². The van der Waals surface area contributed by atoms with Crippen LogP contribution < -0.4 is 9.62 Å². The number of halogens is 1. The zero-order valence-electron chi connectivity index (χ0n) is 19.2. The van der Waals surface area contributed by atoms with Gasteiger partial charge in [0, 0.05) is 10.7 Å². The number of sulfonamides is 1. The van der Waals surface area contributed by atoms with E-state index in [2.05, 4.69) is 17.4 Å². The Morgan fingerprint density at radius 3 is 2.12 bits per heavy atom. The van der Waals surface area contributed by atoms with Crippen molar-refractivity contribution < 1.29 is 13.2 Å². The second-order valence-electron chi connectivity index (χ2n) is 10.5. The summed E-state index contributed by atoms with van der Waals surface area (Å²) in [5.41, 5.74) is 3.55. The molecule has 2 aromatic carbocycles. The molecular formula is C26H31ClN2O3S. The SMILES string of the molecule is Cc1cc(Cl)ccc1NC(=O)CN(c1ccc(C23CC4CC(CC(C4)C2)C3)cc1)S(C)(=O)=O. The molecule has 4 aliphatic rings. The molecule has 176 valence electrons. The third-order valence-corrected chi connectivity index (χ3v) is 9.33. The van der Waals surface area contributed by atoms with Crippen molar-refractivity contribution in [3.8, 4) is 0 Å². The number of rotatable bonds is 6. The third-order valence-electron chi connectivity index (χ3n) is 7.96. The molecule has 1 N–H and O–H groups in total. The number of nitrogens with one attached hydrogen (secondary N) is 1. The minimum absolute atomic E-state index is 0.257.